The highest BCUT2D eigenvalue weighted by atomic mass is 32.2. The zero-order valence-corrected chi connectivity index (χ0v) is 16.7. The number of aromatic nitrogens is 1. The second kappa shape index (κ2) is 7.58. The van der Waals surface area contributed by atoms with Crippen molar-refractivity contribution in [2.24, 2.45) is 0 Å². The van der Waals surface area contributed by atoms with E-state index in [4.69, 9.17) is 10.00 Å². The molecular weight excluding hydrogens is 403 g/mol. The molecule has 0 spiro atoms. The third-order valence-electron chi connectivity index (χ3n) is 4.68. The number of fused-ring (bicyclic) bond motifs is 1. The Hall–Kier alpha value is -3.76. The van der Waals surface area contributed by atoms with Crippen LogP contribution in [-0.2, 0) is 9.84 Å². The first-order valence-corrected chi connectivity index (χ1v) is 10.4. The van der Waals surface area contributed by atoms with Gasteiger partial charge in [0.05, 0.1) is 29.2 Å². The average molecular weight is 418 g/mol. The van der Waals surface area contributed by atoms with E-state index in [1.807, 2.05) is 6.07 Å². The predicted octanol–water partition coefficient (Wildman–Crippen LogP) is 4.75. The summed E-state index contributed by atoms with van der Waals surface area (Å²) in [5.74, 6) is 0.130. The minimum absolute atomic E-state index is 0.0351. The topological polar surface area (TPSA) is 80.0 Å². The van der Waals surface area contributed by atoms with Gasteiger partial charge in [0.2, 0.25) is 9.84 Å². The number of hydrogen-bond acceptors (Lipinski definition) is 5. The fraction of sp³-hybridized carbons (Fsp3) is 0.0435. The summed E-state index contributed by atoms with van der Waals surface area (Å²) in [6.45, 7) is 0. The van der Waals surface area contributed by atoms with Gasteiger partial charge in [-0.15, -0.1) is 0 Å². The largest absolute Gasteiger partial charge is 0.497 e. The molecule has 0 atom stereocenters. The minimum atomic E-state index is -4.01. The van der Waals surface area contributed by atoms with E-state index >= 15 is 0 Å². The fourth-order valence-electron chi connectivity index (χ4n) is 3.19. The number of pyridine rings is 1. The first kappa shape index (κ1) is 19.6. The summed E-state index contributed by atoms with van der Waals surface area (Å²) < 4.78 is 45.7. The standard InChI is InChI=1S/C23H15FN2O3S/c1-29-18-6-3-5-16(11-18)20-13-23(26-22-9-8-17(24)12-21(20)22)30(27,28)19-7-2-4-15(10-19)14-25/h2-13H,1H3. The van der Waals surface area contributed by atoms with Crippen LogP contribution in [0.15, 0.2) is 82.7 Å². The van der Waals surface area contributed by atoms with Crippen molar-refractivity contribution in [3.63, 3.8) is 0 Å². The summed E-state index contributed by atoms with van der Waals surface area (Å²) >= 11 is 0. The van der Waals surface area contributed by atoms with Crippen LogP contribution in [0, 0.1) is 17.1 Å². The molecule has 148 valence electrons. The van der Waals surface area contributed by atoms with Crippen molar-refractivity contribution in [3.05, 3.63) is 84.2 Å². The van der Waals surface area contributed by atoms with E-state index in [1.54, 1.807) is 24.3 Å². The van der Waals surface area contributed by atoms with Crippen LogP contribution < -0.4 is 4.74 Å². The predicted molar refractivity (Wildman–Crippen MR) is 110 cm³/mol. The molecule has 1 aromatic heterocycles. The maximum Gasteiger partial charge on any atom is 0.223 e. The van der Waals surface area contributed by atoms with E-state index in [0.717, 1.165) is 0 Å². The molecule has 0 amide bonds. The lowest BCUT2D eigenvalue weighted by Gasteiger charge is -2.12. The van der Waals surface area contributed by atoms with Gasteiger partial charge < -0.3 is 4.74 Å². The Kier molecular flexibility index (Phi) is 4.94. The van der Waals surface area contributed by atoms with Crippen LogP contribution in [0.4, 0.5) is 4.39 Å². The zero-order chi connectivity index (χ0) is 21.3. The first-order valence-electron chi connectivity index (χ1n) is 8.92. The quantitative estimate of drug-likeness (QED) is 0.478. The molecule has 5 nitrogen and oxygen atoms in total. The Bertz CT molecular complexity index is 1430. The smallest absolute Gasteiger partial charge is 0.223 e. The molecule has 1 heterocycles. The maximum absolute atomic E-state index is 14.0. The summed E-state index contributed by atoms with van der Waals surface area (Å²) in [4.78, 5) is 4.24. The van der Waals surface area contributed by atoms with Gasteiger partial charge in [0.1, 0.15) is 11.6 Å². The van der Waals surface area contributed by atoms with E-state index in [9.17, 15) is 12.8 Å². The highest BCUT2D eigenvalue weighted by molar-refractivity contribution is 7.91. The van der Waals surface area contributed by atoms with E-state index < -0.39 is 15.7 Å². The van der Waals surface area contributed by atoms with Crippen molar-refractivity contribution in [1.29, 1.82) is 5.26 Å². The normalized spacial score (nSPS) is 11.2. The van der Waals surface area contributed by atoms with Gasteiger partial charge in [-0.2, -0.15) is 5.26 Å². The van der Waals surface area contributed by atoms with Crippen molar-refractivity contribution in [2.45, 2.75) is 9.92 Å². The minimum Gasteiger partial charge on any atom is -0.497 e. The summed E-state index contributed by atoms with van der Waals surface area (Å²) in [5, 5.41) is 9.39. The van der Waals surface area contributed by atoms with E-state index in [2.05, 4.69) is 4.98 Å². The molecule has 4 rings (SSSR count). The van der Waals surface area contributed by atoms with Crippen LogP contribution in [0.3, 0.4) is 0 Å². The van der Waals surface area contributed by atoms with E-state index in [0.29, 0.717) is 27.8 Å². The monoisotopic (exact) mass is 418 g/mol. The Morgan fingerprint density at radius 2 is 1.80 bits per heavy atom. The molecule has 0 N–H and O–H groups in total. The third kappa shape index (κ3) is 3.49. The molecule has 0 aliphatic heterocycles. The van der Waals surface area contributed by atoms with Gasteiger partial charge >= 0.3 is 0 Å². The van der Waals surface area contributed by atoms with Crippen molar-refractivity contribution in [3.8, 4) is 22.9 Å². The number of ether oxygens (including phenoxy) is 1. The molecule has 4 aromatic rings. The van der Waals surface area contributed by atoms with E-state index in [1.165, 1.54) is 55.6 Å². The number of rotatable bonds is 4. The molecule has 0 aliphatic rings. The molecular formula is C23H15FN2O3S. The molecule has 0 saturated heterocycles. The number of nitrogens with zero attached hydrogens (tertiary/aromatic N) is 2. The number of benzene rings is 3. The molecule has 0 unspecified atom stereocenters. The van der Waals surface area contributed by atoms with Crippen LogP contribution in [-0.4, -0.2) is 20.5 Å². The van der Waals surface area contributed by atoms with Crippen molar-refractivity contribution in [2.75, 3.05) is 7.11 Å². The van der Waals surface area contributed by atoms with Crippen molar-refractivity contribution in [1.82, 2.24) is 4.98 Å². The van der Waals surface area contributed by atoms with Crippen LogP contribution in [0.5, 0.6) is 5.75 Å². The zero-order valence-electron chi connectivity index (χ0n) is 15.8. The van der Waals surface area contributed by atoms with Gasteiger partial charge in [0.15, 0.2) is 5.03 Å². The van der Waals surface area contributed by atoms with Gasteiger partial charge in [0, 0.05) is 5.39 Å². The second-order valence-electron chi connectivity index (χ2n) is 6.54. The van der Waals surface area contributed by atoms with Gasteiger partial charge in [-0.1, -0.05) is 18.2 Å². The number of nitriles is 1. The Balaban J connectivity index is 2.00. The summed E-state index contributed by atoms with van der Waals surface area (Å²) in [7, 11) is -2.48. The highest BCUT2D eigenvalue weighted by Gasteiger charge is 2.22. The summed E-state index contributed by atoms with van der Waals surface area (Å²) in [6, 6.07) is 20.2. The van der Waals surface area contributed by atoms with E-state index in [-0.39, 0.29) is 15.5 Å². The lowest BCUT2D eigenvalue weighted by Crippen LogP contribution is -2.06. The maximum atomic E-state index is 14.0. The SMILES string of the molecule is COc1cccc(-c2cc(S(=O)(=O)c3cccc(C#N)c3)nc3ccc(F)cc23)c1. The average Bonchev–Trinajstić information content (AvgIpc) is 2.78. The Labute approximate surface area is 172 Å². The van der Waals surface area contributed by atoms with Crippen molar-refractivity contribution >= 4 is 20.7 Å². The number of halogens is 1. The van der Waals surface area contributed by atoms with Crippen LogP contribution in [0.1, 0.15) is 5.56 Å². The number of hydrogen-bond donors (Lipinski definition) is 0. The first-order chi connectivity index (χ1) is 14.4. The molecule has 0 aliphatic carbocycles. The summed E-state index contributed by atoms with van der Waals surface area (Å²) in [6.07, 6.45) is 0. The molecule has 7 heteroatoms. The summed E-state index contributed by atoms with van der Waals surface area (Å²) in [5.41, 5.74) is 1.74. The lowest BCUT2D eigenvalue weighted by molar-refractivity contribution is 0.415. The lowest BCUT2D eigenvalue weighted by atomic mass is 10.0. The van der Waals surface area contributed by atoms with Crippen LogP contribution in [0.2, 0.25) is 0 Å². The van der Waals surface area contributed by atoms with Gasteiger partial charge in [-0.05, 0) is 65.7 Å². The molecule has 0 radical (unpaired) electrons. The number of sulfone groups is 1. The van der Waals surface area contributed by atoms with Crippen molar-refractivity contribution < 1.29 is 17.5 Å². The molecule has 0 saturated carbocycles. The van der Waals surface area contributed by atoms with Crippen LogP contribution in [0.25, 0.3) is 22.0 Å². The van der Waals surface area contributed by atoms with Gasteiger partial charge in [-0.3, -0.25) is 0 Å². The molecule has 3 aromatic carbocycles. The Morgan fingerprint density at radius 1 is 1.00 bits per heavy atom. The fourth-order valence-corrected chi connectivity index (χ4v) is 4.47. The van der Waals surface area contributed by atoms with Crippen LogP contribution >= 0.6 is 0 Å². The molecule has 30 heavy (non-hydrogen) atoms. The third-order valence-corrected chi connectivity index (χ3v) is 6.31. The molecule has 0 bridgehead atoms. The number of methoxy groups -OCH3 is 1. The molecule has 0 fully saturated rings. The Morgan fingerprint density at radius 3 is 2.57 bits per heavy atom. The second-order valence-corrected chi connectivity index (χ2v) is 8.44. The van der Waals surface area contributed by atoms with Gasteiger partial charge in [-0.25, -0.2) is 17.8 Å². The van der Waals surface area contributed by atoms with Gasteiger partial charge in [0.25, 0.3) is 0 Å². The highest BCUT2D eigenvalue weighted by Crippen LogP contribution is 2.33.